The van der Waals surface area contributed by atoms with Gasteiger partial charge in [0.05, 0.1) is 34.4 Å². The van der Waals surface area contributed by atoms with Crippen molar-refractivity contribution in [2.24, 2.45) is 0 Å². The van der Waals surface area contributed by atoms with Crippen LogP contribution in [0.4, 0.5) is 0 Å². The topological polar surface area (TPSA) is 108 Å². The maximum Gasteiger partial charge on any atom is 0.361 e. The summed E-state index contributed by atoms with van der Waals surface area (Å²) in [6.07, 6.45) is 80.6. The molecule has 0 rings (SSSR count). The van der Waals surface area contributed by atoms with Crippen LogP contribution in [-0.4, -0.2) is 87.4 Å². The van der Waals surface area contributed by atoms with Gasteiger partial charge >= 0.3 is 17.9 Å². The average Bonchev–Trinajstić information content (AvgIpc) is 3.40. The third-order valence-electron chi connectivity index (χ3n) is 12.1. The van der Waals surface area contributed by atoms with Crippen molar-refractivity contribution < 1.29 is 42.9 Å². The van der Waals surface area contributed by atoms with E-state index in [0.717, 1.165) is 135 Å². The zero-order chi connectivity index (χ0) is 56.2. The number of ether oxygens (including phenoxy) is 4. The first-order valence-electron chi connectivity index (χ1n) is 30.0. The number of carbonyl (C=O) groups is 3. The summed E-state index contributed by atoms with van der Waals surface area (Å²) in [5.41, 5.74) is 0. The van der Waals surface area contributed by atoms with Gasteiger partial charge in [-0.3, -0.25) is 9.59 Å². The van der Waals surface area contributed by atoms with Gasteiger partial charge < -0.3 is 28.5 Å². The fourth-order valence-corrected chi connectivity index (χ4v) is 7.55. The summed E-state index contributed by atoms with van der Waals surface area (Å²) in [5, 5.41) is 9.72. The van der Waals surface area contributed by atoms with Crippen molar-refractivity contribution in [1.82, 2.24) is 0 Å². The SMILES string of the molecule is CC/C=C\C/C=C\C/C=C\C/C=C\C/C=C\C/C=C\C/C=C\CCCCCCCCCC(=O)OC(COC(=O)CCCCCCCCC/C=C\C/C=C\C/C=C\C/C=C\C/C=C\CC)COC(OCC[N+](C)(C)C)C(=O)O. The fourth-order valence-electron chi connectivity index (χ4n) is 7.55. The Morgan fingerprint density at radius 2 is 0.701 bits per heavy atom. The Morgan fingerprint density at radius 3 is 1.04 bits per heavy atom. The summed E-state index contributed by atoms with van der Waals surface area (Å²) in [4.78, 5) is 37.5. The molecule has 0 saturated heterocycles. The minimum atomic E-state index is -1.53. The molecule has 434 valence electrons. The van der Waals surface area contributed by atoms with Gasteiger partial charge in [0, 0.05) is 12.8 Å². The fraction of sp³-hybridized carbons (Fsp3) is 0.603. The van der Waals surface area contributed by atoms with Gasteiger partial charge in [-0.15, -0.1) is 0 Å². The minimum absolute atomic E-state index is 0.174. The third kappa shape index (κ3) is 58.7. The van der Waals surface area contributed by atoms with Crippen molar-refractivity contribution in [3.05, 3.63) is 146 Å². The number of hydrogen-bond donors (Lipinski definition) is 1. The van der Waals surface area contributed by atoms with E-state index in [1.807, 2.05) is 21.1 Å². The molecule has 1 N–H and O–H groups in total. The summed E-state index contributed by atoms with van der Waals surface area (Å²) in [6, 6.07) is 0. The molecule has 0 radical (unpaired) electrons. The quantitative estimate of drug-likeness (QED) is 0.0211. The molecule has 0 amide bonds. The first kappa shape index (κ1) is 72.2. The normalized spacial score (nSPS) is 13.8. The summed E-state index contributed by atoms with van der Waals surface area (Å²) in [5.74, 6) is -2.05. The maximum atomic E-state index is 12.9. The van der Waals surface area contributed by atoms with E-state index in [4.69, 9.17) is 18.9 Å². The lowest BCUT2D eigenvalue weighted by Crippen LogP contribution is -2.40. The lowest BCUT2D eigenvalue weighted by molar-refractivity contribution is -0.870. The van der Waals surface area contributed by atoms with Gasteiger partial charge in [0.2, 0.25) is 0 Å². The van der Waals surface area contributed by atoms with Gasteiger partial charge in [-0.1, -0.05) is 224 Å². The Labute approximate surface area is 471 Å². The highest BCUT2D eigenvalue weighted by molar-refractivity contribution is 5.71. The van der Waals surface area contributed by atoms with E-state index >= 15 is 0 Å². The number of hydrogen-bond acceptors (Lipinski definition) is 7. The number of quaternary nitrogens is 1. The maximum absolute atomic E-state index is 12.9. The van der Waals surface area contributed by atoms with Gasteiger partial charge in [0.15, 0.2) is 6.10 Å². The average molecular weight is 1070 g/mol. The summed E-state index contributed by atoms with van der Waals surface area (Å²) < 4.78 is 22.9. The predicted molar refractivity (Wildman–Crippen MR) is 327 cm³/mol. The Balaban J connectivity index is 4.33. The second-order valence-corrected chi connectivity index (χ2v) is 20.5. The number of carboxylic acids is 1. The Bertz CT molecular complexity index is 1770. The highest BCUT2D eigenvalue weighted by Gasteiger charge is 2.25. The molecule has 0 aromatic rings. The van der Waals surface area contributed by atoms with Crippen LogP contribution in [0, 0.1) is 0 Å². The Morgan fingerprint density at radius 1 is 0.390 bits per heavy atom. The van der Waals surface area contributed by atoms with Crippen molar-refractivity contribution in [3.63, 3.8) is 0 Å². The Hall–Kier alpha value is -4.83. The molecule has 0 aliphatic rings. The number of aliphatic carboxylic acids is 1. The smallest absolute Gasteiger partial charge is 0.361 e. The van der Waals surface area contributed by atoms with Crippen LogP contribution in [0.15, 0.2) is 146 Å². The first-order valence-corrected chi connectivity index (χ1v) is 30.0. The number of unbranched alkanes of at least 4 members (excludes halogenated alkanes) is 14. The van der Waals surface area contributed by atoms with Gasteiger partial charge in [0.25, 0.3) is 6.29 Å². The van der Waals surface area contributed by atoms with E-state index in [0.29, 0.717) is 17.4 Å². The molecule has 0 fully saturated rings. The van der Waals surface area contributed by atoms with Crippen molar-refractivity contribution in [2.75, 3.05) is 47.5 Å². The van der Waals surface area contributed by atoms with E-state index in [1.54, 1.807) is 0 Å². The Kier molecular flexibility index (Phi) is 53.8. The van der Waals surface area contributed by atoms with Crippen LogP contribution < -0.4 is 0 Å². The number of likely N-dealkylation sites (N-methyl/N-ethyl adjacent to an activating group) is 1. The molecule has 0 saturated carbocycles. The van der Waals surface area contributed by atoms with Crippen LogP contribution >= 0.6 is 0 Å². The van der Waals surface area contributed by atoms with Crippen molar-refractivity contribution in [2.45, 2.75) is 219 Å². The molecule has 0 bridgehead atoms. The van der Waals surface area contributed by atoms with Crippen molar-refractivity contribution in [1.29, 1.82) is 0 Å². The molecule has 77 heavy (non-hydrogen) atoms. The predicted octanol–water partition coefficient (Wildman–Crippen LogP) is 18.0. The van der Waals surface area contributed by atoms with E-state index in [2.05, 4.69) is 160 Å². The molecule has 2 unspecified atom stereocenters. The second-order valence-electron chi connectivity index (χ2n) is 20.5. The lowest BCUT2D eigenvalue weighted by atomic mass is 10.1. The molecule has 0 aliphatic carbocycles. The second kappa shape index (κ2) is 57.3. The molecule has 0 heterocycles. The zero-order valence-electron chi connectivity index (χ0n) is 49.3. The monoisotopic (exact) mass is 1070 g/mol. The van der Waals surface area contributed by atoms with E-state index in [-0.39, 0.29) is 38.6 Å². The highest BCUT2D eigenvalue weighted by atomic mass is 16.7. The zero-order valence-corrected chi connectivity index (χ0v) is 49.3. The minimum Gasteiger partial charge on any atom is -0.477 e. The number of nitrogens with zero attached hydrogens (tertiary/aromatic N) is 1. The number of esters is 2. The van der Waals surface area contributed by atoms with Crippen LogP contribution in [0.3, 0.4) is 0 Å². The van der Waals surface area contributed by atoms with Crippen LogP contribution in [-0.2, 0) is 33.3 Å². The molecule has 2 atom stereocenters. The first-order chi connectivity index (χ1) is 37.6. The van der Waals surface area contributed by atoms with Gasteiger partial charge in [-0.05, 0) is 116 Å². The molecular formula is C68H110NO8+. The largest absolute Gasteiger partial charge is 0.477 e. The van der Waals surface area contributed by atoms with E-state index in [1.165, 1.54) is 38.5 Å². The molecule has 0 aromatic carbocycles. The standard InChI is InChI=1S/C68H109NO8/c1-6-8-10-12-14-16-18-20-22-24-26-28-30-31-32-33-34-35-37-39-41-43-45-47-49-51-53-55-57-59-66(71)77-64(63-76-68(67(72)73)74-61-60-69(3,4)5)62-75-65(70)58-56-54-52-50-48-46-44-42-40-38-36-29-27-25-23-21-19-17-15-13-11-9-7-2/h8-11,14-17,20-23,26-29,31-32,34-35,38-41,64,68H,6-7,12-13,18-19,24-25,30,33,36-37,42-63H2,1-5H3/p+1/b10-8-,11-9-,16-14-,17-15-,22-20-,23-21-,28-26-,29-27-,32-31-,35-34-,40-38-,41-39-. The molecule has 9 nitrogen and oxygen atoms in total. The van der Waals surface area contributed by atoms with Crippen molar-refractivity contribution >= 4 is 17.9 Å². The number of allylic oxidation sites excluding steroid dienone is 24. The third-order valence-corrected chi connectivity index (χ3v) is 12.1. The van der Waals surface area contributed by atoms with E-state index < -0.39 is 24.3 Å². The highest BCUT2D eigenvalue weighted by Crippen LogP contribution is 2.14. The molecule has 9 heteroatoms. The van der Waals surface area contributed by atoms with Crippen LogP contribution in [0.25, 0.3) is 0 Å². The van der Waals surface area contributed by atoms with Crippen LogP contribution in [0.5, 0.6) is 0 Å². The van der Waals surface area contributed by atoms with Crippen molar-refractivity contribution in [3.8, 4) is 0 Å². The summed E-state index contributed by atoms with van der Waals surface area (Å²) >= 11 is 0. The van der Waals surface area contributed by atoms with Gasteiger partial charge in [-0.2, -0.15) is 0 Å². The van der Waals surface area contributed by atoms with Gasteiger partial charge in [-0.25, -0.2) is 4.79 Å². The molecule has 0 spiro atoms. The molecule has 0 aliphatic heterocycles. The summed E-state index contributed by atoms with van der Waals surface area (Å²) in [7, 11) is 5.95. The van der Waals surface area contributed by atoms with Crippen LogP contribution in [0.2, 0.25) is 0 Å². The van der Waals surface area contributed by atoms with Crippen LogP contribution in [0.1, 0.15) is 206 Å². The van der Waals surface area contributed by atoms with Gasteiger partial charge in [0.1, 0.15) is 13.2 Å². The molecule has 0 aromatic heterocycles. The number of carboxylic acid groups (broad SMARTS) is 1. The number of rotatable bonds is 53. The molecular weight excluding hydrogens is 959 g/mol. The lowest BCUT2D eigenvalue weighted by Gasteiger charge is -2.25. The summed E-state index contributed by atoms with van der Waals surface area (Å²) in [6.45, 7) is 4.60. The number of carbonyl (C=O) groups excluding carboxylic acids is 2. The van der Waals surface area contributed by atoms with E-state index in [9.17, 15) is 19.5 Å².